The second kappa shape index (κ2) is 8.61. The molecule has 6 rings (SSSR count). The Morgan fingerprint density at radius 3 is 2.28 bits per heavy atom. The average molecular weight is 504 g/mol. The number of carbonyl (C=O) groups excluding carboxylic acids is 1. The highest BCUT2D eigenvalue weighted by Gasteiger charge is 2.58. The first kappa shape index (κ1) is 24.8. The number of piperazine rings is 1. The van der Waals surface area contributed by atoms with Crippen LogP contribution in [0.15, 0.2) is 23.3 Å². The van der Waals surface area contributed by atoms with Crippen LogP contribution in [0.5, 0.6) is 0 Å². The number of rotatable bonds is 5. The van der Waals surface area contributed by atoms with E-state index < -0.39 is 22.7 Å². The predicted octanol–water partition coefficient (Wildman–Crippen LogP) is 2.54. The number of carbonyl (C=O) groups is 1. The molecule has 0 radical (unpaired) electrons. The van der Waals surface area contributed by atoms with Gasteiger partial charge >= 0.3 is 6.18 Å². The molecule has 11 heteroatoms. The number of pyridine rings is 1. The summed E-state index contributed by atoms with van der Waals surface area (Å²) in [6.45, 7) is 3.76. The molecule has 2 heterocycles. The summed E-state index contributed by atoms with van der Waals surface area (Å²) in [6.07, 6.45) is 0.851. The van der Waals surface area contributed by atoms with E-state index >= 15 is 0 Å². The summed E-state index contributed by atoms with van der Waals surface area (Å²) in [5, 5.41) is 10.1. The van der Waals surface area contributed by atoms with Gasteiger partial charge in [-0.05, 0) is 68.9 Å². The standard InChI is InChI=1S/C25H32F3N7O/c1-23(14-29,35-6-4-34(5-7-35)19-3-2-18(13-32-19)25(26,27)28)21(30)33-20-16-8-15-9-17(20)12-24(10-15,11-16)22(31)36/h2-3,13,15-17,20H,4-12H2,1H3,(H2,30,33)(H2,31,36). The van der Waals surface area contributed by atoms with Crippen LogP contribution in [0, 0.1) is 34.5 Å². The zero-order chi connectivity index (χ0) is 25.9. The second-order valence-corrected chi connectivity index (χ2v) is 11.2. The molecule has 8 nitrogen and oxygen atoms in total. The van der Waals surface area contributed by atoms with E-state index in [1.165, 1.54) is 6.07 Å². The number of alkyl halides is 3. The van der Waals surface area contributed by atoms with Crippen molar-refractivity contribution in [1.82, 2.24) is 9.88 Å². The highest BCUT2D eigenvalue weighted by molar-refractivity contribution is 5.93. The van der Waals surface area contributed by atoms with Crippen LogP contribution in [-0.4, -0.2) is 59.4 Å². The molecule has 4 bridgehead atoms. The molecular formula is C25H32F3N7O. The smallest absolute Gasteiger partial charge is 0.385 e. The normalized spacial score (nSPS) is 34.3. The molecule has 5 fully saturated rings. The number of amidine groups is 1. The first-order valence-corrected chi connectivity index (χ1v) is 12.5. The molecule has 1 aromatic rings. The molecule has 4 saturated carbocycles. The number of aliphatic imine (C=N–C) groups is 1. The Balaban J connectivity index is 1.27. The molecule has 1 amide bonds. The molecule has 1 saturated heterocycles. The van der Waals surface area contributed by atoms with Crippen molar-refractivity contribution in [3.8, 4) is 6.07 Å². The number of halogens is 3. The zero-order valence-electron chi connectivity index (χ0n) is 20.3. The lowest BCUT2D eigenvalue weighted by atomic mass is 9.48. The molecule has 1 aliphatic heterocycles. The first-order chi connectivity index (χ1) is 16.9. The molecule has 0 aromatic carbocycles. The van der Waals surface area contributed by atoms with Gasteiger partial charge in [-0.25, -0.2) is 4.98 Å². The Hall–Kier alpha value is -2.87. The summed E-state index contributed by atoms with van der Waals surface area (Å²) in [6, 6.07) is 4.77. The van der Waals surface area contributed by atoms with E-state index in [9.17, 15) is 23.2 Å². The summed E-state index contributed by atoms with van der Waals surface area (Å²) in [4.78, 5) is 25.1. The molecule has 4 aliphatic carbocycles. The van der Waals surface area contributed by atoms with Crippen molar-refractivity contribution in [1.29, 1.82) is 5.26 Å². The Bertz CT molecular complexity index is 1070. The van der Waals surface area contributed by atoms with Crippen molar-refractivity contribution in [3.63, 3.8) is 0 Å². The molecule has 1 aromatic heterocycles. The van der Waals surface area contributed by atoms with Crippen molar-refractivity contribution in [2.45, 2.75) is 56.8 Å². The van der Waals surface area contributed by atoms with E-state index in [1.54, 1.807) is 6.92 Å². The number of nitrogens with two attached hydrogens (primary N) is 2. The highest BCUT2D eigenvalue weighted by Crippen LogP contribution is 2.60. The van der Waals surface area contributed by atoms with Gasteiger partial charge in [-0.3, -0.25) is 14.7 Å². The van der Waals surface area contributed by atoms with E-state index in [0.29, 0.717) is 37.9 Å². The van der Waals surface area contributed by atoms with Crippen LogP contribution >= 0.6 is 0 Å². The van der Waals surface area contributed by atoms with Gasteiger partial charge in [0.15, 0.2) is 5.54 Å². The summed E-state index contributed by atoms with van der Waals surface area (Å²) in [7, 11) is 0. The van der Waals surface area contributed by atoms with E-state index in [1.807, 2.05) is 9.80 Å². The van der Waals surface area contributed by atoms with Crippen molar-refractivity contribution in [2.75, 3.05) is 31.1 Å². The molecule has 3 unspecified atom stereocenters. The number of hydrogen-bond acceptors (Lipinski definition) is 6. The average Bonchev–Trinajstić information content (AvgIpc) is 2.84. The lowest BCUT2D eigenvalue weighted by Gasteiger charge is -2.58. The fourth-order valence-electron chi connectivity index (χ4n) is 7.21. The summed E-state index contributed by atoms with van der Waals surface area (Å²) >= 11 is 0. The maximum Gasteiger partial charge on any atom is 0.417 e. The van der Waals surface area contributed by atoms with Crippen molar-refractivity contribution in [2.24, 2.45) is 39.6 Å². The number of primary amides is 1. The van der Waals surface area contributed by atoms with Crippen LogP contribution in [-0.2, 0) is 11.0 Å². The number of nitriles is 1. The van der Waals surface area contributed by atoms with Crippen molar-refractivity contribution < 1.29 is 18.0 Å². The number of anilines is 1. The van der Waals surface area contributed by atoms with Crippen LogP contribution < -0.4 is 16.4 Å². The van der Waals surface area contributed by atoms with Crippen LogP contribution in [0.25, 0.3) is 0 Å². The fourth-order valence-corrected chi connectivity index (χ4v) is 7.21. The second-order valence-electron chi connectivity index (χ2n) is 11.2. The third kappa shape index (κ3) is 4.09. The highest BCUT2D eigenvalue weighted by atomic mass is 19.4. The number of amides is 1. The van der Waals surface area contributed by atoms with Crippen molar-refractivity contribution >= 4 is 17.6 Å². The minimum atomic E-state index is -4.42. The van der Waals surface area contributed by atoms with Gasteiger partial charge in [0.25, 0.3) is 0 Å². The minimum absolute atomic E-state index is 0.000615. The summed E-state index contributed by atoms with van der Waals surface area (Å²) in [5.74, 6) is 1.59. The third-order valence-electron chi connectivity index (χ3n) is 9.06. The summed E-state index contributed by atoms with van der Waals surface area (Å²) in [5.41, 5.74) is 10.0. The van der Waals surface area contributed by atoms with E-state index in [2.05, 4.69) is 11.1 Å². The Morgan fingerprint density at radius 1 is 1.14 bits per heavy atom. The number of aromatic nitrogens is 1. The van der Waals surface area contributed by atoms with Gasteiger partial charge in [0.2, 0.25) is 5.91 Å². The van der Waals surface area contributed by atoms with Gasteiger partial charge in [0.05, 0.1) is 17.7 Å². The largest absolute Gasteiger partial charge is 0.417 e. The van der Waals surface area contributed by atoms with Gasteiger partial charge in [-0.15, -0.1) is 0 Å². The van der Waals surface area contributed by atoms with E-state index in [4.69, 9.17) is 16.5 Å². The monoisotopic (exact) mass is 503 g/mol. The molecule has 194 valence electrons. The van der Waals surface area contributed by atoms with Gasteiger partial charge in [0, 0.05) is 37.8 Å². The van der Waals surface area contributed by atoms with Crippen LogP contribution in [0.2, 0.25) is 0 Å². The lowest BCUT2D eigenvalue weighted by molar-refractivity contribution is -0.144. The maximum absolute atomic E-state index is 12.8. The fraction of sp³-hybridized carbons (Fsp3) is 0.680. The van der Waals surface area contributed by atoms with Crippen LogP contribution in [0.1, 0.15) is 44.6 Å². The molecule has 3 atom stereocenters. The van der Waals surface area contributed by atoms with E-state index in [0.717, 1.165) is 44.4 Å². The van der Waals surface area contributed by atoms with Crippen molar-refractivity contribution in [3.05, 3.63) is 23.9 Å². The van der Waals surface area contributed by atoms with Gasteiger partial charge < -0.3 is 16.4 Å². The molecule has 5 aliphatic rings. The SMILES string of the molecule is CC(C#N)(C(N)=NC1C2CC3CC1CC(C(N)=O)(C3)C2)N1CCN(c2ccc(C(F)(F)F)cn2)CC1. The Morgan fingerprint density at radius 2 is 1.78 bits per heavy atom. The Kier molecular flexibility index (Phi) is 5.93. The van der Waals surface area contributed by atoms with Gasteiger partial charge in [-0.1, -0.05) is 0 Å². The van der Waals surface area contributed by atoms with Gasteiger partial charge in [-0.2, -0.15) is 18.4 Å². The minimum Gasteiger partial charge on any atom is -0.385 e. The third-order valence-corrected chi connectivity index (χ3v) is 9.06. The topological polar surface area (TPSA) is 125 Å². The zero-order valence-corrected chi connectivity index (χ0v) is 20.3. The first-order valence-electron chi connectivity index (χ1n) is 12.5. The van der Waals surface area contributed by atoms with Gasteiger partial charge in [0.1, 0.15) is 11.7 Å². The van der Waals surface area contributed by atoms with Crippen LogP contribution in [0.4, 0.5) is 19.0 Å². The van der Waals surface area contributed by atoms with E-state index in [-0.39, 0.29) is 29.6 Å². The van der Waals surface area contributed by atoms with Crippen LogP contribution in [0.3, 0.4) is 0 Å². The number of nitrogens with zero attached hydrogens (tertiary/aromatic N) is 5. The lowest BCUT2D eigenvalue weighted by Crippen LogP contribution is -2.62. The predicted molar refractivity (Wildman–Crippen MR) is 128 cm³/mol. The molecule has 4 N–H and O–H groups in total. The summed E-state index contributed by atoms with van der Waals surface area (Å²) < 4.78 is 38.5. The maximum atomic E-state index is 12.8. The molecular weight excluding hydrogens is 471 g/mol. The number of hydrogen-bond donors (Lipinski definition) is 2. The molecule has 0 spiro atoms. The molecule has 36 heavy (non-hydrogen) atoms. The Labute approximate surface area is 208 Å². The quantitative estimate of drug-likeness (QED) is 0.470.